The first kappa shape index (κ1) is 25.6. The number of hydrogen-bond donors (Lipinski definition) is 2. The van der Waals surface area contributed by atoms with Gasteiger partial charge in [0.05, 0.1) is 4.90 Å². The van der Waals surface area contributed by atoms with Crippen LogP contribution in [0.15, 0.2) is 65.6 Å². The van der Waals surface area contributed by atoms with Gasteiger partial charge >= 0.3 is 0 Å². The minimum atomic E-state index is -3.82. The van der Waals surface area contributed by atoms with Crippen LogP contribution in [0.25, 0.3) is 10.8 Å². The topological polar surface area (TPSA) is 78.5 Å². The van der Waals surface area contributed by atoms with Crippen LogP contribution >= 0.6 is 0 Å². The van der Waals surface area contributed by atoms with E-state index in [9.17, 15) is 13.2 Å². The highest BCUT2D eigenvalue weighted by Crippen LogP contribution is 2.32. The van der Waals surface area contributed by atoms with Gasteiger partial charge in [-0.3, -0.25) is 9.52 Å². The largest absolute Gasteiger partial charge is 0.371 e. The van der Waals surface area contributed by atoms with Crippen LogP contribution in [0.1, 0.15) is 47.5 Å². The van der Waals surface area contributed by atoms with Crippen LogP contribution in [0, 0.1) is 5.41 Å². The Morgan fingerprint density at radius 1 is 0.824 bits per heavy atom. The molecule has 3 aromatic carbocycles. The van der Waals surface area contributed by atoms with E-state index in [0.29, 0.717) is 16.8 Å². The molecule has 0 spiro atoms. The number of carbonyl (C=O) groups is 1. The predicted octanol–water partition coefficient (Wildman–Crippen LogP) is 6.25. The van der Waals surface area contributed by atoms with Gasteiger partial charge in [-0.15, -0.1) is 0 Å². The summed E-state index contributed by atoms with van der Waals surface area (Å²) in [6.45, 7) is 11.6. The molecule has 0 fully saturated rings. The lowest BCUT2D eigenvalue weighted by Gasteiger charge is -2.25. The molecule has 2 N–H and O–H groups in total. The zero-order valence-corrected chi connectivity index (χ0v) is 21.5. The average Bonchev–Trinajstić information content (AvgIpc) is 2.78. The Bertz CT molecular complexity index is 1240. The van der Waals surface area contributed by atoms with Crippen LogP contribution in [0.3, 0.4) is 0 Å². The molecule has 182 valence electrons. The highest BCUT2D eigenvalue weighted by atomic mass is 32.2. The first-order chi connectivity index (χ1) is 16.1. The van der Waals surface area contributed by atoms with Gasteiger partial charge in [0.2, 0.25) is 5.91 Å². The fourth-order valence-corrected chi connectivity index (χ4v) is 5.10. The van der Waals surface area contributed by atoms with Crippen LogP contribution < -0.4 is 14.9 Å². The summed E-state index contributed by atoms with van der Waals surface area (Å²) in [5.41, 5.74) is 1.58. The van der Waals surface area contributed by atoms with Crippen molar-refractivity contribution < 1.29 is 13.2 Å². The Balaban J connectivity index is 1.91. The normalized spacial score (nSPS) is 11.9. The van der Waals surface area contributed by atoms with Gasteiger partial charge in [-0.1, -0.05) is 58.9 Å². The van der Waals surface area contributed by atoms with Gasteiger partial charge in [0, 0.05) is 46.3 Å². The standard InChI is InChI=1S/C27H35N3O3S/c1-6-18-30(19-7-2)24-12-8-11-23-22(24)10-9-13-25(23)34(32,33)29-21-16-14-20(15-17-21)28-26(31)27(3,4)5/h8-17,29H,6-7,18-19H2,1-5H3,(H,28,31). The summed E-state index contributed by atoms with van der Waals surface area (Å²) in [6, 6.07) is 17.9. The van der Waals surface area contributed by atoms with E-state index in [1.54, 1.807) is 36.4 Å². The maximum atomic E-state index is 13.3. The molecule has 0 aliphatic carbocycles. The number of anilines is 3. The Morgan fingerprint density at radius 3 is 1.97 bits per heavy atom. The second-order valence-corrected chi connectivity index (χ2v) is 11.2. The van der Waals surface area contributed by atoms with Crippen molar-refractivity contribution in [1.82, 2.24) is 0 Å². The second kappa shape index (κ2) is 10.5. The number of rotatable bonds is 9. The highest BCUT2D eigenvalue weighted by molar-refractivity contribution is 7.93. The van der Waals surface area contributed by atoms with Gasteiger partial charge in [0.25, 0.3) is 10.0 Å². The number of fused-ring (bicyclic) bond motifs is 1. The molecule has 0 aliphatic rings. The van der Waals surface area contributed by atoms with Crippen molar-refractivity contribution in [1.29, 1.82) is 0 Å². The first-order valence-corrected chi connectivity index (χ1v) is 13.3. The first-order valence-electron chi connectivity index (χ1n) is 11.8. The molecule has 3 rings (SSSR count). The van der Waals surface area contributed by atoms with Crippen LogP contribution in [-0.4, -0.2) is 27.4 Å². The molecule has 1 amide bonds. The third-order valence-electron chi connectivity index (χ3n) is 5.55. The van der Waals surface area contributed by atoms with E-state index in [-0.39, 0.29) is 10.8 Å². The Hall–Kier alpha value is -3.06. The van der Waals surface area contributed by atoms with Crippen molar-refractivity contribution in [2.24, 2.45) is 5.41 Å². The smallest absolute Gasteiger partial charge is 0.262 e. The third-order valence-corrected chi connectivity index (χ3v) is 6.99. The molecule has 7 heteroatoms. The van der Waals surface area contributed by atoms with Crippen molar-refractivity contribution in [2.75, 3.05) is 28.0 Å². The summed E-state index contributed by atoms with van der Waals surface area (Å²) in [4.78, 5) is 14.7. The number of sulfonamides is 1. The number of amides is 1. The van der Waals surface area contributed by atoms with E-state index in [4.69, 9.17) is 0 Å². The summed E-state index contributed by atoms with van der Waals surface area (Å²) in [7, 11) is -3.82. The molecule has 0 radical (unpaired) electrons. The maximum Gasteiger partial charge on any atom is 0.262 e. The zero-order chi connectivity index (χ0) is 24.9. The van der Waals surface area contributed by atoms with Crippen LogP contribution in [0.4, 0.5) is 17.1 Å². The van der Waals surface area contributed by atoms with E-state index in [2.05, 4.69) is 34.9 Å². The molecule has 0 heterocycles. The molecule has 0 saturated carbocycles. The van der Waals surface area contributed by atoms with Crippen molar-refractivity contribution in [3.63, 3.8) is 0 Å². The number of nitrogens with zero attached hydrogens (tertiary/aromatic N) is 1. The molecule has 6 nitrogen and oxygen atoms in total. The minimum Gasteiger partial charge on any atom is -0.371 e. The second-order valence-electron chi connectivity index (χ2n) is 9.50. The maximum absolute atomic E-state index is 13.3. The van der Waals surface area contributed by atoms with Gasteiger partial charge in [0.1, 0.15) is 0 Å². The monoisotopic (exact) mass is 481 g/mol. The van der Waals surface area contributed by atoms with Crippen molar-refractivity contribution in [3.8, 4) is 0 Å². The molecular weight excluding hydrogens is 446 g/mol. The summed E-state index contributed by atoms with van der Waals surface area (Å²) < 4.78 is 29.4. The van der Waals surface area contributed by atoms with Gasteiger partial charge in [0.15, 0.2) is 0 Å². The van der Waals surface area contributed by atoms with Crippen LogP contribution in [0.2, 0.25) is 0 Å². The molecule has 34 heavy (non-hydrogen) atoms. The van der Waals surface area contributed by atoms with Crippen molar-refractivity contribution in [2.45, 2.75) is 52.4 Å². The van der Waals surface area contributed by atoms with Gasteiger partial charge in [-0.25, -0.2) is 8.42 Å². The highest BCUT2D eigenvalue weighted by Gasteiger charge is 2.22. The number of nitrogens with one attached hydrogen (secondary N) is 2. The lowest BCUT2D eigenvalue weighted by atomic mass is 9.95. The number of carbonyl (C=O) groups excluding carboxylic acids is 1. The van der Waals surface area contributed by atoms with E-state index in [1.807, 2.05) is 39.0 Å². The summed E-state index contributed by atoms with van der Waals surface area (Å²) in [5, 5.41) is 4.46. The van der Waals surface area contributed by atoms with Crippen molar-refractivity contribution >= 4 is 43.8 Å². The third kappa shape index (κ3) is 5.89. The van der Waals surface area contributed by atoms with Crippen LogP contribution in [-0.2, 0) is 14.8 Å². The Kier molecular flexibility index (Phi) is 7.87. The van der Waals surface area contributed by atoms with E-state index >= 15 is 0 Å². The minimum absolute atomic E-state index is 0.104. The molecule has 0 aliphatic heterocycles. The van der Waals surface area contributed by atoms with Gasteiger partial charge < -0.3 is 10.2 Å². The number of benzene rings is 3. The van der Waals surface area contributed by atoms with Crippen LogP contribution in [0.5, 0.6) is 0 Å². The van der Waals surface area contributed by atoms with Gasteiger partial charge in [-0.05, 0) is 49.2 Å². The van der Waals surface area contributed by atoms with E-state index in [0.717, 1.165) is 37.0 Å². The predicted molar refractivity (Wildman–Crippen MR) is 142 cm³/mol. The molecule has 3 aromatic rings. The Morgan fingerprint density at radius 2 is 1.38 bits per heavy atom. The summed E-state index contributed by atoms with van der Waals surface area (Å²) in [5.74, 6) is -0.104. The molecule has 0 saturated heterocycles. The zero-order valence-electron chi connectivity index (χ0n) is 20.7. The number of hydrogen-bond acceptors (Lipinski definition) is 4. The molecule has 0 aromatic heterocycles. The van der Waals surface area contributed by atoms with E-state index in [1.165, 1.54) is 0 Å². The Labute approximate surface area is 203 Å². The summed E-state index contributed by atoms with van der Waals surface area (Å²) in [6.07, 6.45) is 2.03. The molecular formula is C27H35N3O3S. The van der Waals surface area contributed by atoms with Gasteiger partial charge in [-0.2, -0.15) is 0 Å². The SMILES string of the molecule is CCCN(CCC)c1cccc2c(S(=O)(=O)Nc3ccc(NC(=O)C(C)(C)C)cc3)cccc12. The molecule has 0 unspecified atom stereocenters. The fourth-order valence-electron chi connectivity index (χ4n) is 3.82. The lowest BCUT2D eigenvalue weighted by Crippen LogP contribution is -2.27. The molecule has 0 bridgehead atoms. The van der Waals surface area contributed by atoms with Crippen molar-refractivity contribution in [3.05, 3.63) is 60.7 Å². The fraction of sp³-hybridized carbons (Fsp3) is 0.370. The van der Waals surface area contributed by atoms with E-state index < -0.39 is 15.4 Å². The lowest BCUT2D eigenvalue weighted by molar-refractivity contribution is -0.123. The average molecular weight is 482 g/mol. The molecule has 0 atom stereocenters. The quantitative estimate of drug-likeness (QED) is 0.378. The summed E-state index contributed by atoms with van der Waals surface area (Å²) >= 11 is 0.